The Morgan fingerprint density at radius 2 is 2.00 bits per heavy atom. The molecular formula is C12H15NO4. The number of esters is 1. The van der Waals surface area contributed by atoms with Gasteiger partial charge in [0.05, 0.1) is 6.61 Å². The van der Waals surface area contributed by atoms with Crippen molar-refractivity contribution in [1.29, 1.82) is 0 Å². The van der Waals surface area contributed by atoms with Crippen molar-refractivity contribution in [2.75, 3.05) is 6.61 Å². The summed E-state index contributed by atoms with van der Waals surface area (Å²) in [6, 6.07) is 6.30. The van der Waals surface area contributed by atoms with Gasteiger partial charge in [0.25, 0.3) is 0 Å². The molecule has 0 aromatic heterocycles. The first-order valence-electron chi connectivity index (χ1n) is 5.38. The molecule has 0 aliphatic rings. The molecule has 0 atom stereocenters. The van der Waals surface area contributed by atoms with Gasteiger partial charge in [-0.25, -0.2) is 9.59 Å². The van der Waals surface area contributed by atoms with E-state index in [2.05, 4.69) is 0 Å². The summed E-state index contributed by atoms with van der Waals surface area (Å²) in [5.41, 5.74) is 5.10. The Kier molecular flexibility index (Phi) is 5.00. The number of para-hydroxylation sites is 1. The molecule has 0 heterocycles. The monoisotopic (exact) mass is 237 g/mol. The van der Waals surface area contributed by atoms with E-state index in [1.807, 2.05) is 6.92 Å². The van der Waals surface area contributed by atoms with Crippen molar-refractivity contribution in [2.24, 2.45) is 5.73 Å². The molecule has 1 aromatic rings. The van der Waals surface area contributed by atoms with Crippen LogP contribution in [0.1, 0.15) is 30.1 Å². The van der Waals surface area contributed by atoms with Gasteiger partial charge in [-0.15, -0.1) is 0 Å². The van der Waals surface area contributed by atoms with Crippen LogP contribution in [0.2, 0.25) is 0 Å². The van der Waals surface area contributed by atoms with E-state index >= 15 is 0 Å². The van der Waals surface area contributed by atoms with E-state index in [4.69, 9.17) is 15.2 Å². The Morgan fingerprint density at radius 1 is 1.29 bits per heavy atom. The van der Waals surface area contributed by atoms with Crippen molar-refractivity contribution in [3.8, 4) is 5.75 Å². The minimum Gasteiger partial charge on any atom is -0.462 e. The molecule has 0 aliphatic heterocycles. The Balaban J connectivity index is 2.74. The Morgan fingerprint density at radius 3 is 2.65 bits per heavy atom. The average molecular weight is 237 g/mol. The van der Waals surface area contributed by atoms with E-state index in [1.54, 1.807) is 12.1 Å². The number of ether oxygens (including phenoxy) is 2. The summed E-state index contributed by atoms with van der Waals surface area (Å²) in [5.74, 6) is -0.406. The highest BCUT2D eigenvalue weighted by molar-refractivity contribution is 5.93. The van der Waals surface area contributed by atoms with Gasteiger partial charge in [-0.3, -0.25) is 0 Å². The summed E-state index contributed by atoms with van der Waals surface area (Å²) >= 11 is 0. The predicted octanol–water partition coefficient (Wildman–Crippen LogP) is 2.10. The second kappa shape index (κ2) is 6.52. The number of rotatable bonds is 5. The van der Waals surface area contributed by atoms with Crippen LogP contribution in [-0.4, -0.2) is 18.7 Å². The third kappa shape index (κ3) is 4.14. The molecular weight excluding hydrogens is 222 g/mol. The van der Waals surface area contributed by atoms with E-state index in [0.717, 1.165) is 12.8 Å². The Hall–Kier alpha value is -2.04. The lowest BCUT2D eigenvalue weighted by molar-refractivity contribution is 0.0497. The standard InChI is InChI=1S/C12H15NO4/c1-2-3-8-16-11(14)9-6-4-5-7-10(9)17-12(13)15/h4-7H,2-3,8H2,1H3,(H2,13,15). The number of amides is 1. The molecule has 0 saturated heterocycles. The van der Waals surface area contributed by atoms with Gasteiger partial charge in [0.1, 0.15) is 11.3 Å². The van der Waals surface area contributed by atoms with Gasteiger partial charge in [-0.05, 0) is 18.6 Å². The molecule has 0 bridgehead atoms. The lowest BCUT2D eigenvalue weighted by Crippen LogP contribution is -2.18. The van der Waals surface area contributed by atoms with E-state index < -0.39 is 12.1 Å². The molecule has 0 radical (unpaired) electrons. The van der Waals surface area contributed by atoms with Crippen LogP contribution < -0.4 is 10.5 Å². The lowest BCUT2D eigenvalue weighted by atomic mass is 10.2. The van der Waals surface area contributed by atoms with Crippen molar-refractivity contribution < 1.29 is 19.1 Å². The summed E-state index contributed by atoms with van der Waals surface area (Å²) in [7, 11) is 0. The number of hydrogen-bond donors (Lipinski definition) is 1. The topological polar surface area (TPSA) is 78.6 Å². The maximum absolute atomic E-state index is 11.7. The molecule has 0 spiro atoms. The van der Waals surface area contributed by atoms with Gasteiger partial charge in [-0.1, -0.05) is 25.5 Å². The van der Waals surface area contributed by atoms with Gasteiger partial charge < -0.3 is 15.2 Å². The zero-order valence-electron chi connectivity index (χ0n) is 9.64. The highest BCUT2D eigenvalue weighted by Crippen LogP contribution is 2.18. The van der Waals surface area contributed by atoms with Crippen LogP contribution in [0.3, 0.4) is 0 Å². The molecule has 0 unspecified atom stereocenters. The van der Waals surface area contributed by atoms with Crippen molar-refractivity contribution in [2.45, 2.75) is 19.8 Å². The van der Waals surface area contributed by atoms with Crippen molar-refractivity contribution >= 4 is 12.1 Å². The molecule has 1 aromatic carbocycles. The third-order valence-corrected chi connectivity index (χ3v) is 2.05. The van der Waals surface area contributed by atoms with Crippen LogP contribution in [0.5, 0.6) is 5.75 Å². The van der Waals surface area contributed by atoms with Gasteiger partial charge in [0, 0.05) is 0 Å². The Labute approximate surface area is 99.5 Å². The highest BCUT2D eigenvalue weighted by atomic mass is 16.6. The summed E-state index contributed by atoms with van der Waals surface area (Å²) in [6.07, 6.45) is 0.774. The van der Waals surface area contributed by atoms with Gasteiger partial charge in [-0.2, -0.15) is 0 Å². The second-order valence-electron chi connectivity index (χ2n) is 3.41. The highest BCUT2D eigenvalue weighted by Gasteiger charge is 2.14. The Bertz CT molecular complexity index is 403. The third-order valence-electron chi connectivity index (χ3n) is 2.05. The predicted molar refractivity (Wildman–Crippen MR) is 61.8 cm³/mol. The molecule has 1 rings (SSSR count). The minimum absolute atomic E-state index is 0.112. The fourth-order valence-electron chi connectivity index (χ4n) is 1.22. The normalized spacial score (nSPS) is 9.71. The van der Waals surface area contributed by atoms with Crippen LogP contribution in [0.25, 0.3) is 0 Å². The maximum atomic E-state index is 11.7. The molecule has 0 fully saturated rings. The zero-order valence-corrected chi connectivity index (χ0v) is 9.64. The van der Waals surface area contributed by atoms with Crippen LogP contribution >= 0.6 is 0 Å². The zero-order chi connectivity index (χ0) is 12.7. The van der Waals surface area contributed by atoms with Crippen LogP contribution in [-0.2, 0) is 4.74 Å². The molecule has 0 aliphatic carbocycles. The molecule has 5 heteroatoms. The number of hydrogen-bond acceptors (Lipinski definition) is 4. The van der Waals surface area contributed by atoms with E-state index in [9.17, 15) is 9.59 Å². The van der Waals surface area contributed by atoms with E-state index in [-0.39, 0.29) is 11.3 Å². The SMILES string of the molecule is CCCCOC(=O)c1ccccc1OC(N)=O. The van der Waals surface area contributed by atoms with Crippen molar-refractivity contribution in [3.63, 3.8) is 0 Å². The van der Waals surface area contributed by atoms with E-state index in [1.165, 1.54) is 12.1 Å². The smallest absolute Gasteiger partial charge is 0.409 e. The second-order valence-corrected chi connectivity index (χ2v) is 3.41. The fraction of sp³-hybridized carbons (Fsp3) is 0.333. The van der Waals surface area contributed by atoms with Crippen molar-refractivity contribution in [1.82, 2.24) is 0 Å². The number of primary amides is 1. The minimum atomic E-state index is -0.959. The van der Waals surface area contributed by atoms with Crippen LogP contribution in [0.15, 0.2) is 24.3 Å². The largest absolute Gasteiger partial charge is 0.462 e. The number of benzene rings is 1. The van der Waals surface area contributed by atoms with Gasteiger partial charge in [0.2, 0.25) is 0 Å². The molecule has 0 saturated carbocycles. The number of carbonyl (C=O) groups is 2. The molecule has 5 nitrogen and oxygen atoms in total. The number of nitrogens with two attached hydrogens (primary N) is 1. The van der Waals surface area contributed by atoms with Gasteiger partial charge in [0.15, 0.2) is 0 Å². The summed E-state index contributed by atoms with van der Waals surface area (Å²) in [5, 5.41) is 0. The summed E-state index contributed by atoms with van der Waals surface area (Å²) < 4.78 is 9.73. The quantitative estimate of drug-likeness (QED) is 0.628. The first kappa shape index (κ1) is 13.0. The van der Waals surface area contributed by atoms with Crippen LogP contribution in [0.4, 0.5) is 4.79 Å². The fourth-order valence-corrected chi connectivity index (χ4v) is 1.22. The number of unbranched alkanes of at least 4 members (excludes halogenated alkanes) is 1. The van der Waals surface area contributed by atoms with Gasteiger partial charge >= 0.3 is 12.1 Å². The maximum Gasteiger partial charge on any atom is 0.409 e. The molecule has 92 valence electrons. The first-order chi connectivity index (χ1) is 8.15. The molecule has 17 heavy (non-hydrogen) atoms. The molecule has 2 N–H and O–H groups in total. The number of carbonyl (C=O) groups excluding carboxylic acids is 2. The average Bonchev–Trinajstić information content (AvgIpc) is 2.29. The molecule has 1 amide bonds. The summed E-state index contributed by atoms with van der Waals surface area (Å²) in [4.78, 5) is 22.3. The van der Waals surface area contributed by atoms with Crippen LogP contribution in [0, 0.1) is 0 Å². The lowest BCUT2D eigenvalue weighted by Gasteiger charge is -2.08. The summed E-state index contributed by atoms with van der Waals surface area (Å²) in [6.45, 7) is 2.35. The van der Waals surface area contributed by atoms with Crippen molar-refractivity contribution in [3.05, 3.63) is 29.8 Å². The first-order valence-corrected chi connectivity index (χ1v) is 5.38. The van der Waals surface area contributed by atoms with E-state index in [0.29, 0.717) is 6.61 Å².